The highest BCUT2D eigenvalue weighted by molar-refractivity contribution is 6.31. The molecule has 0 atom stereocenters. The lowest BCUT2D eigenvalue weighted by Gasteiger charge is -1.98. The van der Waals surface area contributed by atoms with Gasteiger partial charge < -0.3 is 10.1 Å². The Morgan fingerprint density at radius 2 is 1.95 bits per heavy atom. The minimum Gasteiger partial charge on any atom is -0.493 e. The predicted octanol–water partition coefficient (Wildman–Crippen LogP) is 5.39. The number of rotatable bonds is 2. The van der Waals surface area contributed by atoms with Gasteiger partial charge in [0.1, 0.15) is 5.82 Å². The number of hydrogen-bond acceptors (Lipinski definition) is 3. The number of aromatic amines is 1. The monoisotopic (exact) mass is 303 g/mol. The molecule has 0 aliphatic carbocycles. The number of halogens is 2. The van der Waals surface area contributed by atoms with Crippen molar-refractivity contribution in [2.75, 3.05) is 0 Å². The van der Waals surface area contributed by atoms with Crippen LogP contribution in [0.25, 0.3) is 10.9 Å². The van der Waals surface area contributed by atoms with Gasteiger partial charge in [0, 0.05) is 10.4 Å². The minimum absolute atomic E-state index is 0.155. The zero-order valence-corrected chi connectivity index (χ0v) is 11.8. The van der Waals surface area contributed by atoms with Gasteiger partial charge in [-0.3, -0.25) is 0 Å². The Labute approximate surface area is 124 Å². The standard InChI is InChI=1S/C15H11ClFN3O/c1-8-2-4-10(7-12(8)16)19-20-14-11-5-3-9(17)6-13(11)18-15(14)21/h2-7,18,21H,1H3. The summed E-state index contributed by atoms with van der Waals surface area (Å²) in [7, 11) is 0. The first kappa shape index (κ1) is 13.6. The van der Waals surface area contributed by atoms with E-state index in [0.717, 1.165) is 5.56 Å². The molecule has 0 aliphatic rings. The first-order valence-electron chi connectivity index (χ1n) is 6.22. The zero-order chi connectivity index (χ0) is 15.0. The Morgan fingerprint density at radius 1 is 1.14 bits per heavy atom. The van der Waals surface area contributed by atoms with Crippen molar-refractivity contribution in [1.29, 1.82) is 0 Å². The van der Waals surface area contributed by atoms with E-state index in [9.17, 15) is 9.50 Å². The summed E-state index contributed by atoms with van der Waals surface area (Å²) in [6.07, 6.45) is 0. The van der Waals surface area contributed by atoms with Crippen LogP contribution in [0.2, 0.25) is 5.02 Å². The third kappa shape index (κ3) is 2.60. The van der Waals surface area contributed by atoms with Crippen LogP contribution < -0.4 is 0 Å². The second kappa shape index (κ2) is 5.18. The van der Waals surface area contributed by atoms with Crippen LogP contribution in [-0.4, -0.2) is 10.1 Å². The summed E-state index contributed by atoms with van der Waals surface area (Å²) < 4.78 is 13.1. The average Bonchev–Trinajstić information content (AvgIpc) is 2.75. The Bertz CT molecular complexity index is 857. The highest BCUT2D eigenvalue weighted by atomic mass is 35.5. The third-order valence-electron chi connectivity index (χ3n) is 3.13. The summed E-state index contributed by atoms with van der Waals surface area (Å²) in [5.74, 6) is -0.546. The SMILES string of the molecule is Cc1ccc(N=Nc2c(O)[nH]c3cc(F)ccc23)cc1Cl. The van der Waals surface area contributed by atoms with Crippen LogP contribution in [0.3, 0.4) is 0 Å². The molecule has 4 nitrogen and oxygen atoms in total. The van der Waals surface area contributed by atoms with Gasteiger partial charge in [-0.2, -0.15) is 5.11 Å². The maximum Gasteiger partial charge on any atom is 0.218 e. The van der Waals surface area contributed by atoms with E-state index in [2.05, 4.69) is 15.2 Å². The lowest BCUT2D eigenvalue weighted by atomic mass is 10.2. The van der Waals surface area contributed by atoms with E-state index in [1.165, 1.54) is 18.2 Å². The summed E-state index contributed by atoms with van der Waals surface area (Å²) in [4.78, 5) is 2.66. The summed E-state index contributed by atoms with van der Waals surface area (Å²) in [5, 5.41) is 19.1. The minimum atomic E-state index is -0.391. The highest BCUT2D eigenvalue weighted by Crippen LogP contribution is 2.36. The van der Waals surface area contributed by atoms with Crippen LogP contribution in [-0.2, 0) is 0 Å². The van der Waals surface area contributed by atoms with E-state index in [1.54, 1.807) is 12.1 Å². The first-order valence-corrected chi connectivity index (χ1v) is 6.60. The summed E-state index contributed by atoms with van der Waals surface area (Å²) in [6, 6.07) is 9.43. The van der Waals surface area contributed by atoms with Gasteiger partial charge in [0.05, 0.1) is 11.2 Å². The number of aromatic hydroxyl groups is 1. The van der Waals surface area contributed by atoms with Gasteiger partial charge in [-0.25, -0.2) is 4.39 Å². The van der Waals surface area contributed by atoms with Crippen molar-refractivity contribution >= 4 is 33.9 Å². The van der Waals surface area contributed by atoms with Crippen LogP contribution in [0, 0.1) is 12.7 Å². The number of fused-ring (bicyclic) bond motifs is 1. The number of H-pyrrole nitrogens is 1. The van der Waals surface area contributed by atoms with Crippen molar-refractivity contribution in [1.82, 2.24) is 4.98 Å². The van der Waals surface area contributed by atoms with E-state index in [0.29, 0.717) is 21.6 Å². The molecule has 0 spiro atoms. The molecule has 0 fully saturated rings. The summed E-state index contributed by atoms with van der Waals surface area (Å²) >= 11 is 6.02. The molecule has 0 saturated heterocycles. The van der Waals surface area contributed by atoms with Crippen molar-refractivity contribution in [2.45, 2.75) is 6.92 Å². The van der Waals surface area contributed by atoms with Gasteiger partial charge in [0.2, 0.25) is 5.88 Å². The number of nitrogens with one attached hydrogen (secondary N) is 1. The van der Waals surface area contributed by atoms with Crippen molar-refractivity contribution in [3.63, 3.8) is 0 Å². The molecular weight excluding hydrogens is 293 g/mol. The molecule has 1 aromatic heterocycles. The van der Waals surface area contributed by atoms with E-state index in [4.69, 9.17) is 11.6 Å². The lowest BCUT2D eigenvalue weighted by molar-refractivity contribution is 0.459. The van der Waals surface area contributed by atoms with Crippen molar-refractivity contribution in [3.05, 3.63) is 52.8 Å². The topological polar surface area (TPSA) is 60.7 Å². The van der Waals surface area contributed by atoms with Crippen molar-refractivity contribution < 1.29 is 9.50 Å². The van der Waals surface area contributed by atoms with Gasteiger partial charge in [-0.15, -0.1) is 5.11 Å². The van der Waals surface area contributed by atoms with Crippen molar-refractivity contribution in [2.24, 2.45) is 10.2 Å². The van der Waals surface area contributed by atoms with Gasteiger partial charge >= 0.3 is 0 Å². The fourth-order valence-electron chi connectivity index (χ4n) is 1.99. The van der Waals surface area contributed by atoms with Crippen molar-refractivity contribution in [3.8, 4) is 5.88 Å². The Hall–Kier alpha value is -2.40. The molecule has 106 valence electrons. The quantitative estimate of drug-likeness (QED) is 0.613. The molecule has 0 bridgehead atoms. The summed E-state index contributed by atoms with van der Waals surface area (Å²) in [5.41, 5.74) is 2.24. The molecule has 0 saturated carbocycles. The molecule has 0 aliphatic heterocycles. The van der Waals surface area contributed by atoms with Gasteiger partial charge in [-0.1, -0.05) is 17.7 Å². The number of nitrogens with zero attached hydrogens (tertiary/aromatic N) is 2. The van der Waals surface area contributed by atoms with Gasteiger partial charge in [0.15, 0.2) is 5.69 Å². The molecular formula is C15H11ClFN3O. The number of aromatic nitrogens is 1. The normalized spacial score (nSPS) is 11.6. The molecule has 3 aromatic rings. The van der Waals surface area contributed by atoms with Gasteiger partial charge in [-0.05, 0) is 42.8 Å². The molecule has 1 heterocycles. The van der Waals surface area contributed by atoms with Crippen LogP contribution >= 0.6 is 11.6 Å². The Kier molecular flexibility index (Phi) is 3.35. The third-order valence-corrected chi connectivity index (χ3v) is 3.54. The number of benzene rings is 2. The first-order chi connectivity index (χ1) is 10.0. The molecule has 21 heavy (non-hydrogen) atoms. The largest absolute Gasteiger partial charge is 0.493 e. The predicted molar refractivity (Wildman–Crippen MR) is 80.3 cm³/mol. The fraction of sp³-hybridized carbons (Fsp3) is 0.0667. The average molecular weight is 304 g/mol. The van der Waals surface area contributed by atoms with E-state index < -0.39 is 5.82 Å². The zero-order valence-electron chi connectivity index (χ0n) is 11.1. The number of aryl methyl sites for hydroxylation is 1. The van der Waals surface area contributed by atoms with Crippen LogP contribution in [0.4, 0.5) is 15.8 Å². The fourth-order valence-corrected chi connectivity index (χ4v) is 2.17. The molecule has 3 rings (SSSR count). The molecule has 0 radical (unpaired) electrons. The maximum atomic E-state index is 13.1. The maximum absolute atomic E-state index is 13.1. The highest BCUT2D eigenvalue weighted by Gasteiger charge is 2.10. The van der Waals surface area contributed by atoms with Gasteiger partial charge in [0.25, 0.3) is 0 Å². The second-order valence-electron chi connectivity index (χ2n) is 4.65. The molecule has 0 unspecified atom stereocenters. The second-order valence-corrected chi connectivity index (χ2v) is 5.05. The molecule has 6 heteroatoms. The Balaban J connectivity index is 2.02. The number of hydrogen-bond donors (Lipinski definition) is 2. The Morgan fingerprint density at radius 3 is 2.71 bits per heavy atom. The lowest BCUT2D eigenvalue weighted by Crippen LogP contribution is -1.73. The smallest absolute Gasteiger partial charge is 0.218 e. The van der Waals surface area contributed by atoms with Crippen LogP contribution in [0.15, 0.2) is 46.6 Å². The number of azo groups is 1. The van der Waals surface area contributed by atoms with E-state index in [1.807, 2.05) is 13.0 Å². The summed E-state index contributed by atoms with van der Waals surface area (Å²) in [6.45, 7) is 1.89. The molecule has 2 aromatic carbocycles. The van der Waals surface area contributed by atoms with Crippen LogP contribution in [0.1, 0.15) is 5.56 Å². The molecule has 2 N–H and O–H groups in total. The van der Waals surface area contributed by atoms with E-state index in [-0.39, 0.29) is 11.6 Å². The van der Waals surface area contributed by atoms with Crippen LogP contribution in [0.5, 0.6) is 5.88 Å². The molecule has 0 amide bonds. The van der Waals surface area contributed by atoms with E-state index >= 15 is 0 Å².